The molecule has 6 heteroatoms. The average Bonchev–Trinajstić information content (AvgIpc) is 2.76. The number of benzene rings is 1. The zero-order valence-electron chi connectivity index (χ0n) is 10.6. The fraction of sp³-hybridized carbons (Fsp3) is 0.385. The highest BCUT2D eigenvalue weighted by atomic mass is 79.9. The van der Waals surface area contributed by atoms with E-state index in [-0.39, 0.29) is 5.91 Å². The fourth-order valence-electron chi connectivity index (χ4n) is 2.13. The predicted molar refractivity (Wildman–Crippen MR) is 76.5 cm³/mol. The van der Waals surface area contributed by atoms with Crippen LogP contribution in [0.2, 0.25) is 0 Å². The first-order valence-corrected chi connectivity index (χ1v) is 6.80. The summed E-state index contributed by atoms with van der Waals surface area (Å²) in [6, 6.07) is 6.92. The number of rotatable bonds is 3. The topological polar surface area (TPSA) is 84.2 Å². The Labute approximate surface area is 120 Å². The first-order chi connectivity index (χ1) is 8.90. The molecule has 0 saturated carbocycles. The highest BCUT2D eigenvalue weighted by Crippen LogP contribution is 2.30. The molecule has 2 amide bonds. The van der Waals surface area contributed by atoms with E-state index in [4.69, 9.17) is 5.73 Å². The van der Waals surface area contributed by atoms with E-state index in [1.165, 1.54) is 0 Å². The van der Waals surface area contributed by atoms with E-state index in [1.54, 1.807) is 0 Å². The van der Waals surface area contributed by atoms with Gasteiger partial charge >= 0.3 is 0 Å². The Balaban J connectivity index is 2.04. The van der Waals surface area contributed by atoms with Crippen LogP contribution in [0.4, 0.5) is 5.69 Å². The average molecular weight is 326 g/mol. The van der Waals surface area contributed by atoms with Crippen molar-refractivity contribution in [2.24, 2.45) is 11.1 Å². The van der Waals surface area contributed by atoms with Gasteiger partial charge in [0.2, 0.25) is 11.8 Å². The van der Waals surface area contributed by atoms with Gasteiger partial charge in [0, 0.05) is 16.7 Å². The van der Waals surface area contributed by atoms with Gasteiger partial charge in [0.05, 0.1) is 11.5 Å². The number of carbonyl (C=O) groups is 2. The van der Waals surface area contributed by atoms with Crippen LogP contribution in [0.5, 0.6) is 0 Å². The molecule has 1 aromatic carbocycles. The number of nitrogens with two attached hydrogens (primary N) is 1. The maximum Gasteiger partial charge on any atom is 0.234 e. The van der Waals surface area contributed by atoms with Crippen molar-refractivity contribution in [1.29, 1.82) is 0 Å². The Morgan fingerprint density at radius 3 is 2.58 bits per heavy atom. The molecule has 0 radical (unpaired) electrons. The molecule has 1 aliphatic heterocycles. The van der Waals surface area contributed by atoms with Crippen LogP contribution in [-0.4, -0.2) is 24.4 Å². The summed E-state index contributed by atoms with van der Waals surface area (Å²) in [5.74, 6) is -0.522. The molecule has 0 aliphatic carbocycles. The summed E-state index contributed by atoms with van der Waals surface area (Å²) in [5.41, 5.74) is 5.36. The quantitative estimate of drug-likeness (QED) is 0.781. The van der Waals surface area contributed by atoms with Crippen molar-refractivity contribution in [2.75, 3.05) is 11.9 Å². The molecule has 102 valence electrons. The van der Waals surface area contributed by atoms with Crippen molar-refractivity contribution in [3.05, 3.63) is 28.7 Å². The van der Waals surface area contributed by atoms with E-state index in [2.05, 4.69) is 26.6 Å². The van der Waals surface area contributed by atoms with Gasteiger partial charge in [-0.15, -0.1) is 0 Å². The molecule has 19 heavy (non-hydrogen) atoms. The molecule has 0 unspecified atom stereocenters. The highest BCUT2D eigenvalue weighted by molar-refractivity contribution is 9.10. The standard InChI is InChI=1S/C13H16BrN3O2/c1-13(6-10(11(15)18)16-7-13)12(19)17-9-4-2-8(14)3-5-9/h2-5,10,16H,6-7H2,1H3,(H2,15,18)(H,17,19)/t10-,13-/m0/s1. The molecule has 1 aromatic rings. The second-order valence-corrected chi connectivity index (χ2v) is 5.98. The number of primary amides is 1. The molecule has 0 spiro atoms. The van der Waals surface area contributed by atoms with Crippen LogP contribution in [0, 0.1) is 5.41 Å². The summed E-state index contributed by atoms with van der Waals surface area (Å²) >= 11 is 3.34. The Morgan fingerprint density at radius 2 is 2.05 bits per heavy atom. The summed E-state index contributed by atoms with van der Waals surface area (Å²) in [6.45, 7) is 2.28. The molecule has 4 N–H and O–H groups in total. The molecule has 2 atom stereocenters. The van der Waals surface area contributed by atoms with Gasteiger partial charge < -0.3 is 16.4 Å². The van der Waals surface area contributed by atoms with E-state index in [1.807, 2.05) is 31.2 Å². The number of hydrogen-bond donors (Lipinski definition) is 3. The minimum Gasteiger partial charge on any atom is -0.368 e. The van der Waals surface area contributed by atoms with Crippen molar-refractivity contribution in [2.45, 2.75) is 19.4 Å². The zero-order valence-corrected chi connectivity index (χ0v) is 12.2. The van der Waals surface area contributed by atoms with E-state index in [9.17, 15) is 9.59 Å². The third kappa shape index (κ3) is 3.13. The lowest BCUT2D eigenvalue weighted by Crippen LogP contribution is -2.36. The van der Waals surface area contributed by atoms with Crippen LogP contribution < -0.4 is 16.4 Å². The van der Waals surface area contributed by atoms with Gasteiger partial charge in [0.1, 0.15) is 0 Å². The second kappa shape index (κ2) is 5.30. The molecule has 2 rings (SSSR count). The van der Waals surface area contributed by atoms with E-state index in [0.717, 1.165) is 10.2 Å². The monoisotopic (exact) mass is 325 g/mol. The van der Waals surface area contributed by atoms with Gasteiger partial charge in [-0.05, 0) is 37.6 Å². The van der Waals surface area contributed by atoms with Gasteiger partial charge in [0.25, 0.3) is 0 Å². The minimum absolute atomic E-state index is 0.105. The van der Waals surface area contributed by atoms with Crippen LogP contribution in [0.3, 0.4) is 0 Å². The minimum atomic E-state index is -0.618. The lowest BCUT2D eigenvalue weighted by molar-refractivity contribution is -0.124. The number of amides is 2. The maximum absolute atomic E-state index is 12.3. The van der Waals surface area contributed by atoms with E-state index in [0.29, 0.717) is 13.0 Å². The van der Waals surface area contributed by atoms with Crippen LogP contribution >= 0.6 is 15.9 Å². The van der Waals surface area contributed by atoms with Crippen LogP contribution in [-0.2, 0) is 9.59 Å². The highest BCUT2D eigenvalue weighted by Gasteiger charge is 2.42. The largest absolute Gasteiger partial charge is 0.368 e. The molecule has 0 aromatic heterocycles. The first kappa shape index (κ1) is 14.0. The Hall–Kier alpha value is -1.40. The second-order valence-electron chi connectivity index (χ2n) is 5.06. The van der Waals surface area contributed by atoms with Crippen molar-refractivity contribution in [1.82, 2.24) is 5.32 Å². The summed E-state index contributed by atoms with van der Waals surface area (Å²) in [5, 5.41) is 5.84. The Bertz CT molecular complexity index is 503. The third-order valence-electron chi connectivity index (χ3n) is 3.39. The summed E-state index contributed by atoms with van der Waals surface area (Å²) in [4.78, 5) is 23.4. The first-order valence-electron chi connectivity index (χ1n) is 6.00. The van der Waals surface area contributed by atoms with Gasteiger partial charge in [-0.25, -0.2) is 0 Å². The van der Waals surface area contributed by atoms with Gasteiger partial charge in [-0.2, -0.15) is 0 Å². The van der Waals surface area contributed by atoms with E-state index < -0.39 is 17.4 Å². The van der Waals surface area contributed by atoms with E-state index >= 15 is 0 Å². The third-order valence-corrected chi connectivity index (χ3v) is 3.92. The normalized spacial score (nSPS) is 26.1. The van der Waals surface area contributed by atoms with Gasteiger partial charge in [-0.1, -0.05) is 15.9 Å². The Kier molecular flexibility index (Phi) is 3.91. The zero-order chi connectivity index (χ0) is 14.0. The number of nitrogens with one attached hydrogen (secondary N) is 2. The fourth-order valence-corrected chi connectivity index (χ4v) is 2.40. The summed E-state index contributed by atoms with van der Waals surface area (Å²) < 4.78 is 0.952. The number of carbonyl (C=O) groups excluding carboxylic acids is 2. The lowest BCUT2D eigenvalue weighted by Gasteiger charge is -2.21. The molecule has 0 bridgehead atoms. The van der Waals surface area contributed by atoms with Crippen molar-refractivity contribution in [3.63, 3.8) is 0 Å². The number of hydrogen-bond acceptors (Lipinski definition) is 3. The maximum atomic E-state index is 12.3. The van der Waals surface area contributed by atoms with Crippen LogP contribution in [0.25, 0.3) is 0 Å². The van der Waals surface area contributed by atoms with Gasteiger partial charge in [0.15, 0.2) is 0 Å². The number of halogens is 1. The predicted octanol–water partition coefficient (Wildman–Crippen LogP) is 1.24. The van der Waals surface area contributed by atoms with Crippen molar-refractivity contribution in [3.8, 4) is 0 Å². The van der Waals surface area contributed by atoms with Gasteiger partial charge in [-0.3, -0.25) is 9.59 Å². The molecule has 1 aliphatic rings. The lowest BCUT2D eigenvalue weighted by atomic mass is 9.86. The van der Waals surface area contributed by atoms with Crippen molar-refractivity contribution >= 4 is 33.4 Å². The SMILES string of the molecule is C[C@@]1(C(=O)Nc2ccc(Br)cc2)CN[C@H](C(N)=O)C1. The summed E-state index contributed by atoms with van der Waals surface area (Å²) in [6.07, 6.45) is 0.421. The molecule has 1 fully saturated rings. The molecular formula is C13H16BrN3O2. The molecule has 1 saturated heterocycles. The van der Waals surface area contributed by atoms with Crippen molar-refractivity contribution < 1.29 is 9.59 Å². The smallest absolute Gasteiger partial charge is 0.234 e. The Morgan fingerprint density at radius 1 is 1.42 bits per heavy atom. The molecular weight excluding hydrogens is 310 g/mol. The number of anilines is 1. The molecule has 1 heterocycles. The summed E-state index contributed by atoms with van der Waals surface area (Å²) in [7, 11) is 0. The van der Waals surface area contributed by atoms with Crippen LogP contribution in [0.1, 0.15) is 13.3 Å². The van der Waals surface area contributed by atoms with Crippen LogP contribution in [0.15, 0.2) is 28.7 Å². The molecule has 5 nitrogen and oxygen atoms in total.